The molecule has 0 spiro atoms. The molecule has 1 atom stereocenters. The van der Waals surface area contributed by atoms with Gasteiger partial charge in [0.2, 0.25) is 0 Å². The Hall–Kier alpha value is 0.359. The fourth-order valence-electron chi connectivity index (χ4n) is 0.728. The molecule has 0 amide bonds. The number of nitrogens with zero attached hydrogens (tertiary/aromatic N) is 2. The Balaban J connectivity index is -0.000000163. The predicted molar refractivity (Wildman–Crippen MR) is 55.9 cm³/mol. The maximum absolute atomic E-state index is 8.68. The normalized spacial score (nSPS) is 11.8. The van der Waals surface area contributed by atoms with Crippen LogP contribution in [0.5, 0.6) is 0 Å². The number of hydrogen-bond acceptors (Lipinski definition) is 4. The van der Waals surface area contributed by atoms with E-state index in [0.29, 0.717) is 0 Å². The van der Waals surface area contributed by atoms with Gasteiger partial charge in [-0.2, -0.15) is 0 Å². The van der Waals surface area contributed by atoms with E-state index < -0.39 is 0 Å². The van der Waals surface area contributed by atoms with Crippen molar-refractivity contribution in [2.45, 2.75) is 13.0 Å². The molecule has 0 aliphatic rings. The van der Waals surface area contributed by atoms with Gasteiger partial charge in [-0.25, -0.2) is 0 Å². The van der Waals surface area contributed by atoms with Gasteiger partial charge in [0.25, 0.3) is 0 Å². The Kier molecular flexibility index (Phi) is 19.0. The first kappa shape index (κ1) is 19.9. The molecule has 0 saturated heterocycles. The van der Waals surface area contributed by atoms with Crippen LogP contribution in [-0.4, -0.2) is 74.0 Å². The molecular weight excluding hydrogens is 232 g/mol. The summed E-state index contributed by atoms with van der Waals surface area (Å²) in [5.41, 5.74) is 0. The van der Waals surface area contributed by atoms with Crippen molar-refractivity contribution < 1.29 is 27.3 Å². The zero-order chi connectivity index (χ0) is 10.9. The van der Waals surface area contributed by atoms with E-state index in [0.717, 1.165) is 13.1 Å². The molecular formula is C9H24CuN2O2. The van der Waals surface area contributed by atoms with Crippen molar-refractivity contribution in [3.05, 3.63) is 0 Å². The number of likely N-dealkylation sites (N-methyl/N-ethyl adjacent to an activating group) is 2. The summed E-state index contributed by atoms with van der Waals surface area (Å²) in [5.74, 6) is 0. The molecule has 1 radical (unpaired) electrons. The first-order valence-electron chi connectivity index (χ1n) is 4.48. The van der Waals surface area contributed by atoms with E-state index in [1.54, 1.807) is 6.92 Å². The molecule has 0 aliphatic carbocycles. The number of hydrogen-bond donors (Lipinski definition) is 2. The van der Waals surface area contributed by atoms with Crippen molar-refractivity contribution in [3.63, 3.8) is 0 Å². The molecule has 1 unspecified atom stereocenters. The Labute approximate surface area is 98.4 Å². The van der Waals surface area contributed by atoms with Gasteiger partial charge in [0.1, 0.15) is 0 Å². The molecule has 0 aromatic heterocycles. The van der Waals surface area contributed by atoms with Crippen molar-refractivity contribution in [2.75, 3.05) is 47.9 Å². The molecule has 0 saturated carbocycles. The Morgan fingerprint density at radius 2 is 1.50 bits per heavy atom. The van der Waals surface area contributed by atoms with Crippen LogP contribution in [0.4, 0.5) is 0 Å². The summed E-state index contributed by atoms with van der Waals surface area (Å²) in [4.78, 5) is 3.88. The van der Waals surface area contributed by atoms with Crippen molar-refractivity contribution in [3.8, 4) is 0 Å². The molecule has 0 fully saturated rings. The molecule has 2 N–H and O–H groups in total. The van der Waals surface area contributed by atoms with Crippen LogP contribution >= 0.6 is 0 Å². The Bertz CT molecular complexity index is 94.8. The summed E-state index contributed by atoms with van der Waals surface area (Å²) in [6.45, 7) is 3.55. The van der Waals surface area contributed by atoms with E-state index in [1.165, 1.54) is 0 Å². The van der Waals surface area contributed by atoms with Gasteiger partial charge >= 0.3 is 0 Å². The van der Waals surface area contributed by atoms with Gasteiger partial charge in [-0.05, 0) is 35.1 Å². The van der Waals surface area contributed by atoms with Crippen molar-refractivity contribution in [1.82, 2.24) is 9.80 Å². The second-order valence-electron chi connectivity index (χ2n) is 3.64. The average Bonchev–Trinajstić information content (AvgIpc) is 1.83. The molecule has 93 valence electrons. The number of aliphatic hydroxyl groups is 2. The van der Waals surface area contributed by atoms with Crippen LogP contribution in [0.3, 0.4) is 0 Å². The van der Waals surface area contributed by atoms with E-state index in [-0.39, 0.29) is 29.8 Å². The van der Waals surface area contributed by atoms with Crippen LogP contribution in [0, 0.1) is 0 Å². The Morgan fingerprint density at radius 3 is 1.50 bits per heavy atom. The van der Waals surface area contributed by atoms with Crippen LogP contribution in [-0.2, 0) is 17.1 Å². The number of rotatable bonds is 4. The topological polar surface area (TPSA) is 46.9 Å². The molecule has 4 nitrogen and oxygen atoms in total. The van der Waals surface area contributed by atoms with Crippen LogP contribution in [0.2, 0.25) is 0 Å². The van der Waals surface area contributed by atoms with Gasteiger partial charge < -0.3 is 20.0 Å². The summed E-state index contributed by atoms with van der Waals surface area (Å²) in [5, 5.41) is 16.9. The number of aliphatic hydroxyl groups excluding tert-OH is 2. The maximum atomic E-state index is 8.68. The van der Waals surface area contributed by atoms with Gasteiger partial charge in [-0.1, -0.05) is 0 Å². The van der Waals surface area contributed by atoms with Gasteiger partial charge in [-0.3, -0.25) is 0 Å². The van der Waals surface area contributed by atoms with Gasteiger partial charge in [0.15, 0.2) is 0 Å². The summed E-state index contributed by atoms with van der Waals surface area (Å²) in [6.07, 6.45) is -0.199. The van der Waals surface area contributed by atoms with E-state index >= 15 is 0 Å². The third kappa shape index (κ3) is 29.4. The van der Waals surface area contributed by atoms with Crippen LogP contribution < -0.4 is 0 Å². The zero-order valence-electron chi connectivity index (χ0n) is 9.79. The SMILES string of the molecule is CC(O)CN(C)C.CN(C)CCO.[Cu]. The second kappa shape index (κ2) is 13.4. The smallest absolute Gasteiger partial charge is 0.0638 e. The van der Waals surface area contributed by atoms with Crippen LogP contribution in [0.1, 0.15) is 6.92 Å². The molecule has 0 rings (SSSR count). The Morgan fingerprint density at radius 1 is 1.07 bits per heavy atom. The van der Waals surface area contributed by atoms with Crippen LogP contribution in [0.15, 0.2) is 0 Å². The molecule has 0 bridgehead atoms. The first-order chi connectivity index (χ1) is 5.90. The van der Waals surface area contributed by atoms with Crippen molar-refractivity contribution >= 4 is 0 Å². The van der Waals surface area contributed by atoms with Crippen molar-refractivity contribution in [2.24, 2.45) is 0 Å². The first-order valence-corrected chi connectivity index (χ1v) is 4.48. The van der Waals surface area contributed by atoms with E-state index in [2.05, 4.69) is 0 Å². The van der Waals surface area contributed by atoms with Gasteiger partial charge in [-0.15, -0.1) is 0 Å². The summed E-state index contributed by atoms with van der Waals surface area (Å²) >= 11 is 0. The monoisotopic (exact) mass is 255 g/mol. The summed E-state index contributed by atoms with van der Waals surface area (Å²) in [7, 11) is 7.73. The predicted octanol–water partition coefficient (Wildman–Crippen LogP) is -0.533. The summed E-state index contributed by atoms with van der Waals surface area (Å²) in [6, 6.07) is 0. The van der Waals surface area contributed by atoms with Crippen LogP contribution in [0.25, 0.3) is 0 Å². The maximum Gasteiger partial charge on any atom is 0.0638 e. The zero-order valence-corrected chi connectivity index (χ0v) is 10.7. The molecule has 5 heteroatoms. The summed E-state index contributed by atoms with van der Waals surface area (Å²) < 4.78 is 0. The average molecular weight is 256 g/mol. The third-order valence-electron chi connectivity index (χ3n) is 1.18. The van der Waals surface area contributed by atoms with Gasteiger partial charge in [0, 0.05) is 30.2 Å². The standard InChI is InChI=1S/C5H13NO.C4H11NO.Cu/c1-5(7)4-6(2)3;1-5(2)3-4-6;/h5,7H,4H2,1-3H3;6H,3-4H2,1-2H3;. The fourth-order valence-corrected chi connectivity index (χ4v) is 0.728. The minimum absolute atomic E-state index is 0. The van der Waals surface area contributed by atoms with Gasteiger partial charge in [0.05, 0.1) is 12.7 Å². The van der Waals surface area contributed by atoms with E-state index in [9.17, 15) is 0 Å². The molecule has 0 aromatic carbocycles. The fraction of sp³-hybridized carbons (Fsp3) is 1.00. The van der Waals surface area contributed by atoms with E-state index in [4.69, 9.17) is 10.2 Å². The molecule has 0 heterocycles. The van der Waals surface area contributed by atoms with Crippen molar-refractivity contribution in [1.29, 1.82) is 0 Å². The largest absolute Gasteiger partial charge is 0.395 e. The minimum Gasteiger partial charge on any atom is -0.395 e. The third-order valence-corrected chi connectivity index (χ3v) is 1.18. The molecule has 14 heavy (non-hydrogen) atoms. The second-order valence-corrected chi connectivity index (χ2v) is 3.64. The minimum atomic E-state index is -0.199. The quantitative estimate of drug-likeness (QED) is 0.663. The molecule has 0 aliphatic heterocycles. The molecule has 0 aromatic rings. The van der Waals surface area contributed by atoms with E-state index in [1.807, 2.05) is 38.0 Å².